The van der Waals surface area contributed by atoms with Gasteiger partial charge in [-0.05, 0) is 62.7 Å². The molecule has 4 unspecified atom stereocenters. The smallest absolute Gasteiger partial charge is 0.330 e. The van der Waals surface area contributed by atoms with Crippen LogP contribution < -0.4 is 0 Å². The molecule has 5 heteroatoms. The van der Waals surface area contributed by atoms with Gasteiger partial charge in [0.05, 0.1) is 19.3 Å². The van der Waals surface area contributed by atoms with Gasteiger partial charge < -0.3 is 19.7 Å². The molecule has 4 fully saturated rings. The molecule has 0 saturated heterocycles. The molecule has 0 aromatic heterocycles. The van der Waals surface area contributed by atoms with Gasteiger partial charge >= 0.3 is 5.97 Å². The summed E-state index contributed by atoms with van der Waals surface area (Å²) in [6.45, 7) is 5.78. The van der Waals surface area contributed by atoms with E-state index in [0.29, 0.717) is 18.4 Å². The highest BCUT2D eigenvalue weighted by molar-refractivity contribution is 5.81. The first kappa shape index (κ1) is 16.9. The van der Waals surface area contributed by atoms with E-state index in [2.05, 4.69) is 6.58 Å². The number of carbonyl (C=O) groups excluding carboxylic acids is 1. The summed E-state index contributed by atoms with van der Waals surface area (Å²) in [5.74, 6) is 0.867. The highest BCUT2D eigenvalue weighted by atomic mass is 16.6. The quantitative estimate of drug-likeness (QED) is 0.552. The Morgan fingerprint density at radius 1 is 1.30 bits per heavy atom. The zero-order valence-corrected chi connectivity index (χ0v) is 13.9. The van der Waals surface area contributed by atoms with Crippen LogP contribution >= 0.6 is 0 Å². The number of hydrogen-bond donors (Lipinski definition) is 2. The minimum Gasteiger partial charge on any atom is -0.456 e. The zero-order chi connectivity index (χ0) is 16.7. The van der Waals surface area contributed by atoms with Gasteiger partial charge in [-0.2, -0.15) is 0 Å². The molecule has 4 bridgehead atoms. The average molecular weight is 324 g/mol. The summed E-state index contributed by atoms with van der Waals surface area (Å²) in [5.41, 5.74) is -0.300. The first-order valence-electron chi connectivity index (χ1n) is 8.65. The second kappa shape index (κ2) is 6.19. The van der Waals surface area contributed by atoms with Gasteiger partial charge in [-0.15, -0.1) is 0 Å². The topological polar surface area (TPSA) is 76.0 Å². The maximum Gasteiger partial charge on any atom is 0.330 e. The predicted molar refractivity (Wildman–Crippen MR) is 84.6 cm³/mol. The van der Waals surface area contributed by atoms with Crippen molar-refractivity contribution in [2.24, 2.45) is 17.3 Å². The second-order valence-electron chi connectivity index (χ2n) is 8.09. The van der Waals surface area contributed by atoms with Crippen LogP contribution in [-0.2, 0) is 14.3 Å². The molecule has 4 aliphatic rings. The first-order chi connectivity index (χ1) is 10.9. The molecule has 130 valence electrons. The van der Waals surface area contributed by atoms with E-state index >= 15 is 0 Å². The normalized spacial score (nSPS) is 40.7. The molecule has 0 aliphatic heterocycles. The molecule has 0 radical (unpaired) electrons. The Hall–Kier alpha value is -0.910. The lowest BCUT2D eigenvalue weighted by Gasteiger charge is -2.61. The molecular formula is C18H28O5. The summed E-state index contributed by atoms with van der Waals surface area (Å²) in [4.78, 5) is 11.7. The standard InChI is InChI=1S/C18H28O5/c1-3-16(21)23-18-7-13-4-14(8-18)6-17(5-13,10-18)11-22-9-15(20)12(2)19/h3,12-15,19-20H,1,4-11H2,2H3. The van der Waals surface area contributed by atoms with E-state index in [9.17, 15) is 15.0 Å². The summed E-state index contributed by atoms with van der Waals surface area (Å²) in [6, 6.07) is 0. The molecule has 0 aromatic rings. The van der Waals surface area contributed by atoms with Crippen LogP contribution in [0.2, 0.25) is 0 Å². The van der Waals surface area contributed by atoms with Gasteiger partial charge in [-0.25, -0.2) is 4.79 Å². The second-order valence-corrected chi connectivity index (χ2v) is 8.09. The maximum absolute atomic E-state index is 11.7. The van der Waals surface area contributed by atoms with Crippen LogP contribution in [-0.4, -0.2) is 47.2 Å². The fourth-order valence-electron chi connectivity index (χ4n) is 5.44. The van der Waals surface area contributed by atoms with Crippen molar-refractivity contribution in [1.29, 1.82) is 0 Å². The number of aliphatic hydroxyl groups is 2. The Morgan fingerprint density at radius 3 is 2.52 bits per heavy atom. The summed E-state index contributed by atoms with van der Waals surface area (Å²) in [6.07, 6.45) is 5.83. The predicted octanol–water partition coefficient (Wildman–Crippen LogP) is 1.81. The summed E-state index contributed by atoms with van der Waals surface area (Å²) in [7, 11) is 0. The molecule has 23 heavy (non-hydrogen) atoms. The Balaban J connectivity index is 1.66. The van der Waals surface area contributed by atoms with E-state index in [4.69, 9.17) is 9.47 Å². The molecule has 4 atom stereocenters. The monoisotopic (exact) mass is 324 g/mol. The molecule has 0 spiro atoms. The van der Waals surface area contributed by atoms with Crippen LogP contribution in [0.15, 0.2) is 12.7 Å². The number of rotatable bonds is 7. The Bertz CT molecular complexity index is 458. The molecule has 0 heterocycles. The SMILES string of the molecule is C=CC(=O)OC12CC3CC(CC(COCC(O)C(C)O)(C3)C1)C2. The van der Waals surface area contributed by atoms with E-state index in [0.717, 1.165) is 32.1 Å². The molecule has 5 nitrogen and oxygen atoms in total. The third-order valence-electron chi connectivity index (χ3n) is 5.87. The van der Waals surface area contributed by atoms with Crippen molar-refractivity contribution in [2.45, 2.75) is 63.3 Å². The first-order valence-corrected chi connectivity index (χ1v) is 8.65. The van der Waals surface area contributed by atoms with Crippen molar-refractivity contribution in [3.63, 3.8) is 0 Å². The van der Waals surface area contributed by atoms with Crippen molar-refractivity contribution in [3.05, 3.63) is 12.7 Å². The third-order valence-corrected chi connectivity index (χ3v) is 5.87. The molecule has 0 amide bonds. The number of ether oxygens (including phenoxy) is 2. The minimum atomic E-state index is -0.850. The molecule has 4 saturated carbocycles. The van der Waals surface area contributed by atoms with Gasteiger partial charge in [-0.3, -0.25) is 0 Å². The highest BCUT2D eigenvalue weighted by Gasteiger charge is 2.59. The van der Waals surface area contributed by atoms with Crippen LogP contribution in [0.3, 0.4) is 0 Å². The maximum atomic E-state index is 11.7. The number of hydrogen-bond acceptors (Lipinski definition) is 5. The van der Waals surface area contributed by atoms with E-state index in [1.165, 1.54) is 12.5 Å². The van der Waals surface area contributed by atoms with Crippen LogP contribution in [0, 0.1) is 17.3 Å². The minimum absolute atomic E-state index is 0.0456. The number of aliphatic hydroxyl groups excluding tert-OH is 2. The number of carbonyl (C=O) groups is 1. The Kier molecular flexibility index (Phi) is 4.55. The fourth-order valence-corrected chi connectivity index (χ4v) is 5.44. The molecule has 2 N–H and O–H groups in total. The summed E-state index contributed by atoms with van der Waals surface area (Å²) >= 11 is 0. The highest BCUT2D eigenvalue weighted by Crippen LogP contribution is 2.62. The van der Waals surface area contributed by atoms with E-state index in [-0.39, 0.29) is 23.6 Å². The van der Waals surface area contributed by atoms with Crippen LogP contribution in [0.4, 0.5) is 0 Å². The van der Waals surface area contributed by atoms with Gasteiger partial charge in [0.25, 0.3) is 0 Å². The van der Waals surface area contributed by atoms with Gasteiger partial charge in [0.15, 0.2) is 0 Å². The summed E-state index contributed by atoms with van der Waals surface area (Å²) < 4.78 is 11.5. The fraction of sp³-hybridized carbons (Fsp3) is 0.833. The Morgan fingerprint density at radius 2 is 1.96 bits per heavy atom. The van der Waals surface area contributed by atoms with E-state index in [1.807, 2.05) is 0 Å². The van der Waals surface area contributed by atoms with Crippen molar-refractivity contribution in [3.8, 4) is 0 Å². The van der Waals surface area contributed by atoms with Crippen molar-refractivity contribution in [1.82, 2.24) is 0 Å². The largest absolute Gasteiger partial charge is 0.456 e. The molecule has 4 rings (SSSR count). The average Bonchev–Trinajstić information content (AvgIpc) is 2.44. The number of esters is 1. The van der Waals surface area contributed by atoms with Crippen molar-refractivity contribution >= 4 is 5.97 Å². The van der Waals surface area contributed by atoms with Crippen molar-refractivity contribution < 1.29 is 24.5 Å². The summed E-state index contributed by atoms with van der Waals surface area (Å²) in [5, 5.41) is 19.0. The van der Waals surface area contributed by atoms with Gasteiger partial charge in [0.2, 0.25) is 0 Å². The molecule has 0 aromatic carbocycles. The van der Waals surface area contributed by atoms with Crippen LogP contribution in [0.5, 0.6) is 0 Å². The van der Waals surface area contributed by atoms with Gasteiger partial charge in [-0.1, -0.05) is 6.58 Å². The van der Waals surface area contributed by atoms with E-state index in [1.54, 1.807) is 6.92 Å². The van der Waals surface area contributed by atoms with E-state index < -0.39 is 12.2 Å². The molecular weight excluding hydrogens is 296 g/mol. The van der Waals surface area contributed by atoms with Crippen LogP contribution in [0.25, 0.3) is 0 Å². The molecule has 4 aliphatic carbocycles. The van der Waals surface area contributed by atoms with Gasteiger partial charge in [0, 0.05) is 6.08 Å². The lowest BCUT2D eigenvalue weighted by molar-refractivity contribution is -0.207. The lowest BCUT2D eigenvalue weighted by atomic mass is 9.48. The van der Waals surface area contributed by atoms with Gasteiger partial charge in [0.1, 0.15) is 11.7 Å². The third kappa shape index (κ3) is 3.47. The Labute approximate surface area is 137 Å². The zero-order valence-electron chi connectivity index (χ0n) is 13.9. The lowest BCUT2D eigenvalue weighted by Crippen LogP contribution is -2.58. The van der Waals surface area contributed by atoms with Crippen LogP contribution in [0.1, 0.15) is 45.4 Å². The van der Waals surface area contributed by atoms with Crippen molar-refractivity contribution in [2.75, 3.05) is 13.2 Å².